The summed E-state index contributed by atoms with van der Waals surface area (Å²) in [7, 11) is 1.70. The van der Waals surface area contributed by atoms with Crippen molar-refractivity contribution >= 4 is 11.8 Å². The maximum atomic E-state index is 12.1. The molecule has 2 unspecified atom stereocenters. The zero-order valence-electron chi connectivity index (χ0n) is 11.0. The molecule has 5 heteroatoms. The van der Waals surface area contributed by atoms with Crippen LogP contribution in [0.25, 0.3) is 0 Å². The van der Waals surface area contributed by atoms with Crippen LogP contribution in [0.4, 0.5) is 0 Å². The Morgan fingerprint density at radius 1 is 1.47 bits per heavy atom. The third-order valence-electron chi connectivity index (χ3n) is 3.10. The van der Waals surface area contributed by atoms with E-state index in [1.165, 1.54) is 4.90 Å². The van der Waals surface area contributed by atoms with E-state index in [0.717, 1.165) is 19.4 Å². The molecule has 17 heavy (non-hydrogen) atoms. The van der Waals surface area contributed by atoms with Crippen molar-refractivity contribution in [2.75, 3.05) is 26.7 Å². The number of carbonyl (C=O) groups is 2. The molecule has 2 amide bonds. The predicted octanol–water partition coefficient (Wildman–Crippen LogP) is -0.0310. The van der Waals surface area contributed by atoms with Crippen molar-refractivity contribution in [2.45, 2.75) is 32.7 Å². The third kappa shape index (κ3) is 4.34. The first-order valence-corrected chi connectivity index (χ1v) is 6.29. The van der Waals surface area contributed by atoms with E-state index < -0.39 is 0 Å². The summed E-state index contributed by atoms with van der Waals surface area (Å²) in [5.74, 6) is 0.0561. The van der Waals surface area contributed by atoms with Crippen LogP contribution in [0.2, 0.25) is 0 Å². The molecule has 1 aliphatic rings. The average Bonchev–Trinajstić information content (AvgIpc) is 2.28. The van der Waals surface area contributed by atoms with Gasteiger partial charge in [0, 0.05) is 25.6 Å². The lowest BCUT2D eigenvalue weighted by Gasteiger charge is -2.30. The molecule has 0 bridgehead atoms. The first-order valence-electron chi connectivity index (χ1n) is 6.29. The van der Waals surface area contributed by atoms with Crippen LogP contribution < -0.4 is 10.6 Å². The summed E-state index contributed by atoms with van der Waals surface area (Å²) in [4.78, 5) is 25.0. The highest BCUT2D eigenvalue weighted by Crippen LogP contribution is 2.18. The largest absolute Gasteiger partial charge is 0.355 e. The first-order chi connectivity index (χ1) is 8.04. The fourth-order valence-electron chi connectivity index (χ4n) is 2.21. The highest BCUT2D eigenvalue weighted by Gasteiger charge is 2.27. The van der Waals surface area contributed by atoms with Gasteiger partial charge in [-0.1, -0.05) is 0 Å². The molecule has 2 N–H and O–H groups in total. The number of nitrogens with zero attached hydrogens (tertiary/aromatic N) is 1. The fourth-order valence-corrected chi connectivity index (χ4v) is 2.21. The molecular formula is C12H23N3O2. The third-order valence-corrected chi connectivity index (χ3v) is 3.10. The minimum atomic E-state index is -0.0923. The molecule has 1 aliphatic heterocycles. The Kier molecular flexibility index (Phi) is 5.41. The van der Waals surface area contributed by atoms with Crippen LogP contribution in [-0.2, 0) is 9.59 Å². The van der Waals surface area contributed by atoms with Crippen LogP contribution >= 0.6 is 0 Å². The van der Waals surface area contributed by atoms with Crippen molar-refractivity contribution in [3.63, 3.8) is 0 Å². The second-order valence-electron chi connectivity index (χ2n) is 4.72. The fraction of sp³-hybridized carbons (Fsp3) is 0.833. The van der Waals surface area contributed by atoms with E-state index in [0.29, 0.717) is 12.6 Å². The minimum Gasteiger partial charge on any atom is -0.355 e. The SMILES string of the molecule is CCNC(=O)CN(C)C(=O)C1CCNC(C)C1. The summed E-state index contributed by atoms with van der Waals surface area (Å²) < 4.78 is 0. The van der Waals surface area contributed by atoms with Crippen LogP contribution in [0.3, 0.4) is 0 Å². The molecule has 0 radical (unpaired) electrons. The van der Waals surface area contributed by atoms with Gasteiger partial charge in [-0.05, 0) is 33.2 Å². The molecule has 0 aromatic carbocycles. The molecular weight excluding hydrogens is 218 g/mol. The van der Waals surface area contributed by atoms with Crippen LogP contribution in [0, 0.1) is 5.92 Å². The number of hydrogen-bond acceptors (Lipinski definition) is 3. The molecule has 1 saturated heterocycles. The van der Waals surface area contributed by atoms with Gasteiger partial charge in [0.2, 0.25) is 11.8 Å². The number of hydrogen-bond donors (Lipinski definition) is 2. The lowest BCUT2D eigenvalue weighted by molar-refractivity contribution is -0.138. The smallest absolute Gasteiger partial charge is 0.239 e. The topological polar surface area (TPSA) is 61.4 Å². The molecule has 1 heterocycles. The Balaban J connectivity index is 2.42. The van der Waals surface area contributed by atoms with Gasteiger partial charge in [-0.3, -0.25) is 9.59 Å². The lowest BCUT2D eigenvalue weighted by atomic mass is 9.92. The maximum absolute atomic E-state index is 12.1. The molecule has 98 valence electrons. The molecule has 0 spiro atoms. The maximum Gasteiger partial charge on any atom is 0.239 e. The van der Waals surface area contributed by atoms with E-state index in [4.69, 9.17) is 0 Å². The van der Waals surface area contributed by atoms with Crippen molar-refractivity contribution in [3.8, 4) is 0 Å². The van der Waals surface area contributed by atoms with Crippen LogP contribution in [0.5, 0.6) is 0 Å². The number of carbonyl (C=O) groups excluding carboxylic acids is 2. The summed E-state index contributed by atoms with van der Waals surface area (Å²) in [5, 5.41) is 6.01. The minimum absolute atomic E-state index is 0.0608. The number of rotatable bonds is 4. The van der Waals surface area contributed by atoms with E-state index in [1.807, 2.05) is 6.92 Å². The zero-order valence-corrected chi connectivity index (χ0v) is 11.0. The first kappa shape index (κ1) is 14.0. The molecule has 0 aromatic rings. The van der Waals surface area contributed by atoms with Crippen LogP contribution in [0.1, 0.15) is 26.7 Å². The van der Waals surface area contributed by atoms with Crippen molar-refractivity contribution in [1.29, 1.82) is 0 Å². The Hall–Kier alpha value is -1.10. The standard InChI is InChI=1S/C12H23N3O2/c1-4-13-11(16)8-15(3)12(17)10-5-6-14-9(2)7-10/h9-10,14H,4-8H2,1-3H3,(H,13,16). The lowest BCUT2D eigenvalue weighted by Crippen LogP contribution is -2.45. The van der Waals surface area contributed by atoms with Gasteiger partial charge in [-0.25, -0.2) is 0 Å². The van der Waals surface area contributed by atoms with E-state index in [1.54, 1.807) is 7.05 Å². The summed E-state index contributed by atoms with van der Waals surface area (Å²) in [5.41, 5.74) is 0. The molecule has 0 saturated carbocycles. The Morgan fingerprint density at radius 2 is 2.18 bits per heavy atom. The van der Waals surface area contributed by atoms with Crippen LogP contribution in [-0.4, -0.2) is 49.4 Å². The Bertz CT molecular complexity index is 281. The van der Waals surface area contributed by atoms with Crippen LogP contribution in [0.15, 0.2) is 0 Å². The van der Waals surface area contributed by atoms with Gasteiger partial charge in [0.15, 0.2) is 0 Å². The monoisotopic (exact) mass is 241 g/mol. The molecule has 2 atom stereocenters. The second kappa shape index (κ2) is 6.59. The van der Waals surface area contributed by atoms with E-state index in [9.17, 15) is 9.59 Å². The van der Waals surface area contributed by atoms with Gasteiger partial charge in [-0.2, -0.15) is 0 Å². The summed E-state index contributed by atoms with van der Waals surface area (Å²) in [6, 6.07) is 0.385. The molecule has 0 aliphatic carbocycles. The van der Waals surface area contributed by atoms with E-state index in [2.05, 4.69) is 17.6 Å². The number of amides is 2. The van der Waals surface area contributed by atoms with E-state index >= 15 is 0 Å². The normalized spacial score (nSPS) is 24.2. The molecule has 1 fully saturated rings. The van der Waals surface area contributed by atoms with Crippen molar-refractivity contribution in [1.82, 2.24) is 15.5 Å². The average molecular weight is 241 g/mol. The van der Waals surface area contributed by atoms with E-state index in [-0.39, 0.29) is 24.3 Å². The van der Waals surface area contributed by atoms with Crippen molar-refractivity contribution < 1.29 is 9.59 Å². The number of piperidine rings is 1. The predicted molar refractivity (Wildman–Crippen MR) is 66.5 cm³/mol. The summed E-state index contributed by atoms with van der Waals surface area (Å²) in [6.45, 7) is 5.60. The Labute approximate surface area is 103 Å². The van der Waals surface area contributed by atoms with Gasteiger partial charge < -0.3 is 15.5 Å². The van der Waals surface area contributed by atoms with Gasteiger partial charge in [-0.15, -0.1) is 0 Å². The summed E-state index contributed by atoms with van der Waals surface area (Å²) in [6.07, 6.45) is 1.72. The van der Waals surface area contributed by atoms with Crippen molar-refractivity contribution in [3.05, 3.63) is 0 Å². The second-order valence-corrected chi connectivity index (χ2v) is 4.72. The highest BCUT2D eigenvalue weighted by atomic mass is 16.2. The van der Waals surface area contributed by atoms with Gasteiger partial charge >= 0.3 is 0 Å². The molecule has 1 rings (SSSR count). The van der Waals surface area contributed by atoms with Gasteiger partial charge in [0.05, 0.1) is 6.54 Å². The zero-order chi connectivity index (χ0) is 12.8. The highest BCUT2D eigenvalue weighted by molar-refractivity contribution is 5.85. The quantitative estimate of drug-likeness (QED) is 0.726. The van der Waals surface area contributed by atoms with Gasteiger partial charge in [0.25, 0.3) is 0 Å². The number of nitrogens with one attached hydrogen (secondary N) is 2. The molecule has 5 nitrogen and oxygen atoms in total. The molecule has 0 aromatic heterocycles. The number of likely N-dealkylation sites (N-methyl/N-ethyl adjacent to an activating group) is 2. The Morgan fingerprint density at radius 3 is 2.76 bits per heavy atom. The van der Waals surface area contributed by atoms with Gasteiger partial charge in [0.1, 0.15) is 0 Å². The van der Waals surface area contributed by atoms with Crippen molar-refractivity contribution in [2.24, 2.45) is 5.92 Å². The summed E-state index contributed by atoms with van der Waals surface area (Å²) >= 11 is 0.